The number of nitrogens with zero attached hydrogens (tertiary/aromatic N) is 1. The van der Waals surface area contributed by atoms with Crippen LogP contribution < -0.4 is 0 Å². The minimum absolute atomic E-state index is 0.938. The second-order valence-electron chi connectivity index (χ2n) is 10.1. The Labute approximate surface area is 186 Å². The zero-order chi connectivity index (χ0) is 21.4. The Morgan fingerprint density at radius 3 is 0.966 bits per heavy atom. The second-order valence-corrected chi connectivity index (χ2v) is 10.1. The summed E-state index contributed by atoms with van der Waals surface area (Å²) in [6.45, 7) is 5.91. The third-order valence-corrected chi connectivity index (χ3v) is 6.56. The van der Waals surface area contributed by atoms with Gasteiger partial charge in [-0.1, -0.05) is 142 Å². The zero-order valence-electron chi connectivity index (χ0n) is 21.3. The summed E-state index contributed by atoms with van der Waals surface area (Å²) in [7, 11) is 4.51. The van der Waals surface area contributed by atoms with Crippen molar-refractivity contribution in [2.75, 3.05) is 20.6 Å². The fourth-order valence-corrected chi connectivity index (χ4v) is 4.68. The lowest BCUT2D eigenvalue weighted by molar-refractivity contribution is 0.286. The van der Waals surface area contributed by atoms with Crippen molar-refractivity contribution in [3.63, 3.8) is 0 Å². The molecule has 0 aliphatic rings. The highest BCUT2D eigenvalue weighted by Gasteiger charge is 2.09. The van der Waals surface area contributed by atoms with Gasteiger partial charge in [0.25, 0.3) is 0 Å². The van der Waals surface area contributed by atoms with Gasteiger partial charge >= 0.3 is 0 Å². The smallest absolute Gasteiger partial charge is 0.000356 e. The number of unbranched alkanes of at least 4 members (excludes halogenated alkanes) is 18. The van der Waals surface area contributed by atoms with Gasteiger partial charge in [-0.05, 0) is 32.9 Å². The molecule has 0 unspecified atom stereocenters. The molecule has 0 amide bonds. The first-order valence-corrected chi connectivity index (χ1v) is 13.8. The first-order chi connectivity index (χ1) is 14.2. The molecule has 0 rings (SSSR count). The Kier molecular flexibility index (Phi) is 24.2. The van der Waals surface area contributed by atoms with Gasteiger partial charge < -0.3 is 4.90 Å². The topological polar surface area (TPSA) is 3.24 Å². The minimum atomic E-state index is 0.938. The Morgan fingerprint density at radius 1 is 0.414 bits per heavy atom. The van der Waals surface area contributed by atoms with Gasteiger partial charge in [0.05, 0.1) is 0 Å². The summed E-state index contributed by atoms with van der Waals surface area (Å²) in [6.07, 6.45) is 32.1. The maximum absolute atomic E-state index is 2.41. The Morgan fingerprint density at radius 2 is 0.690 bits per heavy atom. The molecule has 0 aromatic rings. The van der Waals surface area contributed by atoms with Crippen molar-refractivity contribution in [3.8, 4) is 0 Å². The normalized spacial score (nSPS) is 11.8. The summed E-state index contributed by atoms with van der Waals surface area (Å²) in [5.41, 5.74) is 0. The quantitative estimate of drug-likeness (QED) is 0.143. The van der Waals surface area contributed by atoms with E-state index in [1.165, 1.54) is 148 Å². The fourth-order valence-electron chi connectivity index (χ4n) is 4.68. The molecule has 0 N–H and O–H groups in total. The van der Waals surface area contributed by atoms with Crippen LogP contribution in [0.5, 0.6) is 0 Å². The molecule has 0 aromatic heterocycles. The third kappa shape index (κ3) is 24.1. The van der Waals surface area contributed by atoms with Crippen molar-refractivity contribution in [3.05, 3.63) is 0 Å². The van der Waals surface area contributed by atoms with E-state index in [0.29, 0.717) is 0 Å². The summed E-state index contributed by atoms with van der Waals surface area (Å²) in [6, 6.07) is 0. The standard InChI is InChI=1S/C28H59N/c1-5-7-9-11-13-15-17-19-21-23-25-28(27-29(3)4)26-24-22-20-18-16-14-12-10-8-6-2/h28H,5-27H2,1-4H3. The fraction of sp³-hybridized carbons (Fsp3) is 1.00. The highest BCUT2D eigenvalue weighted by atomic mass is 15.1. The average Bonchev–Trinajstić information content (AvgIpc) is 2.70. The van der Waals surface area contributed by atoms with E-state index in [-0.39, 0.29) is 0 Å². The van der Waals surface area contributed by atoms with Gasteiger partial charge in [-0.3, -0.25) is 0 Å². The molecule has 0 radical (unpaired) electrons. The zero-order valence-corrected chi connectivity index (χ0v) is 21.3. The number of hydrogen-bond acceptors (Lipinski definition) is 1. The first-order valence-electron chi connectivity index (χ1n) is 13.8. The summed E-state index contributed by atoms with van der Waals surface area (Å²) in [5, 5.41) is 0. The van der Waals surface area contributed by atoms with Crippen LogP contribution in [0.25, 0.3) is 0 Å². The molecule has 0 spiro atoms. The van der Waals surface area contributed by atoms with Crippen LogP contribution in [0, 0.1) is 5.92 Å². The van der Waals surface area contributed by atoms with Crippen LogP contribution in [-0.4, -0.2) is 25.5 Å². The van der Waals surface area contributed by atoms with Gasteiger partial charge in [-0.15, -0.1) is 0 Å². The molecule has 176 valence electrons. The molecule has 0 atom stereocenters. The van der Waals surface area contributed by atoms with Crippen LogP contribution in [0.4, 0.5) is 0 Å². The van der Waals surface area contributed by atoms with Crippen molar-refractivity contribution in [1.82, 2.24) is 4.90 Å². The van der Waals surface area contributed by atoms with E-state index in [0.717, 1.165) is 5.92 Å². The number of rotatable bonds is 24. The van der Waals surface area contributed by atoms with Gasteiger partial charge in [0, 0.05) is 6.54 Å². The van der Waals surface area contributed by atoms with E-state index in [1.807, 2.05) is 0 Å². The largest absolute Gasteiger partial charge is 0.309 e. The number of hydrogen-bond donors (Lipinski definition) is 0. The molecule has 0 saturated carbocycles. The molecular formula is C28H59N. The maximum Gasteiger partial charge on any atom is 0.000356 e. The maximum atomic E-state index is 2.41. The highest BCUT2D eigenvalue weighted by molar-refractivity contribution is 4.64. The average molecular weight is 410 g/mol. The Bertz CT molecular complexity index is 262. The molecule has 0 aliphatic heterocycles. The summed E-state index contributed by atoms with van der Waals surface area (Å²) in [4.78, 5) is 2.41. The van der Waals surface area contributed by atoms with Crippen LogP contribution in [0.15, 0.2) is 0 Å². The van der Waals surface area contributed by atoms with E-state index >= 15 is 0 Å². The van der Waals surface area contributed by atoms with Crippen LogP contribution in [0.3, 0.4) is 0 Å². The highest BCUT2D eigenvalue weighted by Crippen LogP contribution is 2.20. The van der Waals surface area contributed by atoms with E-state index in [4.69, 9.17) is 0 Å². The molecule has 0 bridgehead atoms. The predicted octanol–water partition coefficient (Wildman–Crippen LogP) is 9.79. The molecule has 1 nitrogen and oxygen atoms in total. The van der Waals surface area contributed by atoms with Gasteiger partial charge in [0.2, 0.25) is 0 Å². The SMILES string of the molecule is CCCCCCCCCCCCC(CCCCCCCCCCCC)CN(C)C. The predicted molar refractivity (Wildman–Crippen MR) is 135 cm³/mol. The van der Waals surface area contributed by atoms with Crippen LogP contribution in [-0.2, 0) is 0 Å². The minimum Gasteiger partial charge on any atom is -0.309 e. The lowest BCUT2D eigenvalue weighted by atomic mass is 9.93. The van der Waals surface area contributed by atoms with Crippen LogP contribution >= 0.6 is 0 Å². The monoisotopic (exact) mass is 409 g/mol. The Hall–Kier alpha value is -0.0400. The van der Waals surface area contributed by atoms with Crippen molar-refractivity contribution in [1.29, 1.82) is 0 Å². The van der Waals surface area contributed by atoms with E-state index < -0.39 is 0 Å². The third-order valence-electron chi connectivity index (χ3n) is 6.56. The van der Waals surface area contributed by atoms with E-state index in [1.54, 1.807) is 0 Å². The summed E-state index contributed by atoms with van der Waals surface area (Å²) in [5.74, 6) is 0.938. The molecule has 0 fully saturated rings. The molecule has 0 aliphatic carbocycles. The molecular weight excluding hydrogens is 350 g/mol. The van der Waals surface area contributed by atoms with Gasteiger partial charge in [0.1, 0.15) is 0 Å². The van der Waals surface area contributed by atoms with Gasteiger partial charge in [0.15, 0.2) is 0 Å². The molecule has 1 heteroatoms. The van der Waals surface area contributed by atoms with Crippen molar-refractivity contribution in [2.24, 2.45) is 5.92 Å². The van der Waals surface area contributed by atoms with Gasteiger partial charge in [-0.2, -0.15) is 0 Å². The van der Waals surface area contributed by atoms with Crippen molar-refractivity contribution >= 4 is 0 Å². The molecule has 0 saturated heterocycles. The summed E-state index contributed by atoms with van der Waals surface area (Å²) < 4.78 is 0. The first kappa shape index (κ1) is 29.0. The molecule has 29 heavy (non-hydrogen) atoms. The lowest BCUT2D eigenvalue weighted by Gasteiger charge is -2.21. The lowest BCUT2D eigenvalue weighted by Crippen LogP contribution is -2.21. The van der Waals surface area contributed by atoms with Gasteiger partial charge in [-0.25, -0.2) is 0 Å². The molecule has 0 aromatic carbocycles. The van der Waals surface area contributed by atoms with Crippen molar-refractivity contribution in [2.45, 2.75) is 155 Å². The van der Waals surface area contributed by atoms with E-state index in [2.05, 4.69) is 32.8 Å². The van der Waals surface area contributed by atoms with E-state index in [9.17, 15) is 0 Å². The van der Waals surface area contributed by atoms with Crippen molar-refractivity contribution < 1.29 is 0 Å². The summed E-state index contributed by atoms with van der Waals surface area (Å²) >= 11 is 0. The molecule has 0 heterocycles. The van der Waals surface area contributed by atoms with Crippen LogP contribution in [0.1, 0.15) is 155 Å². The second kappa shape index (κ2) is 24.2. The van der Waals surface area contributed by atoms with Crippen LogP contribution in [0.2, 0.25) is 0 Å². The Balaban J connectivity index is 3.55.